The lowest BCUT2D eigenvalue weighted by Crippen LogP contribution is -2.00. The van der Waals surface area contributed by atoms with E-state index >= 15 is 0 Å². The average molecular weight is 288 g/mol. The Morgan fingerprint density at radius 1 is 0.952 bits per heavy atom. The van der Waals surface area contributed by atoms with Gasteiger partial charge in [-0.1, -0.05) is 30.3 Å². The molecule has 0 aliphatic carbocycles. The van der Waals surface area contributed by atoms with Crippen molar-refractivity contribution in [2.45, 2.75) is 6.92 Å². The summed E-state index contributed by atoms with van der Waals surface area (Å²) in [5.41, 5.74) is 1.37. The van der Waals surface area contributed by atoms with Gasteiger partial charge in [-0.05, 0) is 30.7 Å². The van der Waals surface area contributed by atoms with Gasteiger partial charge in [-0.2, -0.15) is 0 Å². The first kappa shape index (κ1) is 16.2. The number of carboxylic acid groups (broad SMARTS) is 1. The first-order chi connectivity index (χ1) is 9.97. The van der Waals surface area contributed by atoms with E-state index in [9.17, 15) is 9.59 Å². The number of carbonyl (C=O) groups excluding carboxylic acids is 1. The number of aromatic hydroxyl groups is 1. The monoisotopic (exact) mass is 288 g/mol. The van der Waals surface area contributed by atoms with Crippen LogP contribution in [0.3, 0.4) is 0 Å². The summed E-state index contributed by atoms with van der Waals surface area (Å²) in [6.07, 6.45) is 0. The molecule has 0 atom stereocenters. The van der Waals surface area contributed by atoms with Crippen LogP contribution in [-0.4, -0.2) is 29.3 Å². The van der Waals surface area contributed by atoms with E-state index in [0.29, 0.717) is 5.56 Å². The summed E-state index contributed by atoms with van der Waals surface area (Å²) in [5, 5.41) is 17.7. The van der Waals surface area contributed by atoms with Crippen molar-refractivity contribution in [1.82, 2.24) is 0 Å². The molecule has 0 aliphatic heterocycles. The molecule has 2 aromatic carbocycles. The highest BCUT2D eigenvalue weighted by Gasteiger charge is 2.08. The molecule has 5 heteroatoms. The topological polar surface area (TPSA) is 83.8 Å². The first-order valence-corrected chi connectivity index (χ1v) is 6.12. The van der Waals surface area contributed by atoms with Crippen LogP contribution in [0.15, 0.2) is 48.5 Å². The van der Waals surface area contributed by atoms with Crippen molar-refractivity contribution in [2.24, 2.45) is 0 Å². The quantitative estimate of drug-likeness (QED) is 0.830. The number of methoxy groups -OCH3 is 1. The third-order valence-corrected chi connectivity index (χ3v) is 2.68. The third kappa shape index (κ3) is 4.65. The zero-order valence-electron chi connectivity index (χ0n) is 11.7. The molecule has 0 saturated heterocycles. The van der Waals surface area contributed by atoms with Crippen molar-refractivity contribution >= 4 is 11.9 Å². The van der Waals surface area contributed by atoms with Crippen LogP contribution < -0.4 is 0 Å². The maximum Gasteiger partial charge on any atom is 0.341 e. The van der Waals surface area contributed by atoms with E-state index in [1.165, 1.54) is 19.2 Å². The zero-order valence-corrected chi connectivity index (χ0v) is 11.7. The summed E-state index contributed by atoms with van der Waals surface area (Å²) < 4.78 is 4.42. The number of benzene rings is 2. The second-order valence-corrected chi connectivity index (χ2v) is 4.13. The van der Waals surface area contributed by atoms with Crippen LogP contribution in [0.5, 0.6) is 5.75 Å². The zero-order chi connectivity index (χ0) is 15.8. The van der Waals surface area contributed by atoms with E-state index < -0.39 is 11.9 Å². The Balaban J connectivity index is 0.000000211. The summed E-state index contributed by atoms with van der Waals surface area (Å²) in [6, 6.07) is 13.2. The summed E-state index contributed by atoms with van der Waals surface area (Å²) in [7, 11) is 1.27. The molecular weight excluding hydrogens is 272 g/mol. The normalized spacial score (nSPS) is 9.24. The molecule has 0 radical (unpaired) electrons. The maximum atomic E-state index is 10.9. The summed E-state index contributed by atoms with van der Waals surface area (Å²) in [4.78, 5) is 21.3. The van der Waals surface area contributed by atoms with Crippen molar-refractivity contribution < 1.29 is 24.5 Å². The van der Waals surface area contributed by atoms with Crippen LogP contribution in [0.4, 0.5) is 0 Å². The lowest BCUT2D eigenvalue weighted by Gasteiger charge is -1.99. The van der Waals surface area contributed by atoms with Gasteiger partial charge in [0, 0.05) is 0 Å². The largest absolute Gasteiger partial charge is 0.507 e. The number of aromatic carboxylic acids is 1. The molecule has 2 rings (SSSR count). The van der Waals surface area contributed by atoms with Crippen molar-refractivity contribution in [3.63, 3.8) is 0 Å². The molecule has 21 heavy (non-hydrogen) atoms. The van der Waals surface area contributed by atoms with Crippen molar-refractivity contribution in [3.8, 4) is 5.75 Å². The molecule has 0 spiro atoms. The van der Waals surface area contributed by atoms with Crippen LogP contribution in [0, 0.1) is 6.92 Å². The molecule has 5 nitrogen and oxygen atoms in total. The molecule has 0 amide bonds. The van der Waals surface area contributed by atoms with Gasteiger partial charge in [0.15, 0.2) is 0 Å². The van der Waals surface area contributed by atoms with E-state index in [1.54, 1.807) is 37.3 Å². The SMILES string of the molecule is COC(=O)c1ccccc1O.Cc1ccccc1C(=O)O. The van der Waals surface area contributed by atoms with Crippen LogP contribution in [0.2, 0.25) is 0 Å². The number of phenolic OH excluding ortho intramolecular Hbond substituents is 1. The van der Waals surface area contributed by atoms with E-state index in [4.69, 9.17) is 10.2 Å². The minimum absolute atomic E-state index is 0.0562. The van der Waals surface area contributed by atoms with Crippen LogP contribution in [-0.2, 0) is 4.74 Å². The molecule has 0 saturated carbocycles. The Kier molecular flexibility index (Phi) is 5.95. The summed E-state index contributed by atoms with van der Waals surface area (Å²) in [5.74, 6) is -1.44. The van der Waals surface area contributed by atoms with Gasteiger partial charge in [0.05, 0.1) is 12.7 Å². The number of ether oxygens (including phenoxy) is 1. The highest BCUT2D eigenvalue weighted by atomic mass is 16.5. The highest BCUT2D eigenvalue weighted by Crippen LogP contribution is 2.15. The number of rotatable bonds is 2. The molecular formula is C16H16O5. The number of carbonyl (C=O) groups is 2. The molecule has 0 aliphatic rings. The molecule has 0 fully saturated rings. The Labute approximate surface area is 122 Å². The van der Waals surface area contributed by atoms with E-state index in [-0.39, 0.29) is 11.3 Å². The molecule has 2 aromatic rings. The first-order valence-electron chi connectivity index (χ1n) is 6.12. The summed E-state index contributed by atoms with van der Waals surface area (Å²) in [6.45, 7) is 1.78. The predicted molar refractivity (Wildman–Crippen MR) is 77.6 cm³/mol. The number of hydrogen-bond donors (Lipinski definition) is 2. The second kappa shape index (κ2) is 7.69. The van der Waals surface area contributed by atoms with Crippen LogP contribution in [0.25, 0.3) is 0 Å². The average Bonchev–Trinajstić information content (AvgIpc) is 2.48. The summed E-state index contributed by atoms with van der Waals surface area (Å²) >= 11 is 0. The Morgan fingerprint density at radius 2 is 1.48 bits per heavy atom. The number of carboxylic acids is 1. The minimum atomic E-state index is -0.863. The van der Waals surface area contributed by atoms with E-state index in [0.717, 1.165) is 5.56 Å². The number of para-hydroxylation sites is 1. The van der Waals surface area contributed by atoms with Gasteiger partial charge in [0.2, 0.25) is 0 Å². The lowest BCUT2D eigenvalue weighted by atomic mass is 10.1. The predicted octanol–water partition coefficient (Wildman–Crippen LogP) is 2.87. The van der Waals surface area contributed by atoms with Crippen molar-refractivity contribution in [2.75, 3.05) is 7.11 Å². The van der Waals surface area contributed by atoms with Gasteiger partial charge < -0.3 is 14.9 Å². The molecule has 2 N–H and O–H groups in total. The fraction of sp³-hybridized carbons (Fsp3) is 0.125. The van der Waals surface area contributed by atoms with Gasteiger partial charge >= 0.3 is 11.9 Å². The molecule has 0 heterocycles. The molecule has 0 bridgehead atoms. The molecule has 0 aromatic heterocycles. The Bertz CT molecular complexity index is 634. The smallest absolute Gasteiger partial charge is 0.341 e. The van der Waals surface area contributed by atoms with Gasteiger partial charge in [0.25, 0.3) is 0 Å². The number of hydrogen-bond acceptors (Lipinski definition) is 4. The van der Waals surface area contributed by atoms with Gasteiger partial charge in [-0.15, -0.1) is 0 Å². The fourth-order valence-electron chi connectivity index (χ4n) is 1.57. The standard InChI is InChI=1S/C8H8O3.C8H8O2/c1-11-8(10)6-4-2-3-5-7(6)9;1-6-4-2-3-5-7(6)8(9)10/h2-5,9H,1H3;2-5H,1H3,(H,9,10). The van der Waals surface area contributed by atoms with Gasteiger partial charge in [0.1, 0.15) is 11.3 Å². The number of phenols is 1. The minimum Gasteiger partial charge on any atom is -0.507 e. The second-order valence-electron chi connectivity index (χ2n) is 4.13. The molecule has 0 unspecified atom stereocenters. The van der Waals surface area contributed by atoms with Gasteiger partial charge in [-0.25, -0.2) is 9.59 Å². The Hall–Kier alpha value is -2.82. The van der Waals surface area contributed by atoms with Crippen LogP contribution in [0.1, 0.15) is 26.3 Å². The molecule has 110 valence electrons. The van der Waals surface area contributed by atoms with Crippen molar-refractivity contribution in [1.29, 1.82) is 0 Å². The van der Waals surface area contributed by atoms with Gasteiger partial charge in [-0.3, -0.25) is 0 Å². The van der Waals surface area contributed by atoms with Crippen LogP contribution >= 0.6 is 0 Å². The maximum absolute atomic E-state index is 10.9. The Morgan fingerprint density at radius 3 is 1.90 bits per heavy atom. The fourth-order valence-corrected chi connectivity index (χ4v) is 1.57. The lowest BCUT2D eigenvalue weighted by molar-refractivity contribution is 0.0596. The van der Waals surface area contributed by atoms with E-state index in [2.05, 4.69) is 4.74 Å². The van der Waals surface area contributed by atoms with E-state index in [1.807, 2.05) is 6.07 Å². The van der Waals surface area contributed by atoms with Crippen molar-refractivity contribution in [3.05, 3.63) is 65.2 Å². The number of esters is 1. The number of aryl methyl sites for hydroxylation is 1. The third-order valence-electron chi connectivity index (χ3n) is 2.68. The highest BCUT2D eigenvalue weighted by molar-refractivity contribution is 5.92.